The zero-order valence-electron chi connectivity index (χ0n) is 9.29. The fourth-order valence-corrected chi connectivity index (χ4v) is 1.62. The van der Waals surface area contributed by atoms with Gasteiger partial charge in [-0.15, -0.1) is 0 Å². The Hall–Kier alpha value is -0.505. The minimum Gasteiger partial charge on any atom is -0.347 e. The van der Waals surface area contributed by atoms with Crippen LogP contribution in [0.2, 0.25) is 0 Å². The van der Waals surface area contributed by atoms with E-state index in [0.717, 1.165) is 19.4 Å². The summed E-state index contributed by atoms with van der Waals surface area (Å²) in [5.74, 6) is -0.140. The highest BCUT2D eigenvalue weighted by molar-refractivity contribution is 6.13. The topological polar surface area (TPSA) is 46.3 Å². The Kier molecular flexibility index (Phi) is 3.25. The van der Waals surface area contributed by atoms with E-state index < -0.39 is 6.04 Å². The lowest BCUT2D eigenvalue weighted by atomic mass is 9.85. The molecular formula is C10H19BN2O. The van der Waals surface area contributed by atoms with Gasteiger partial charge in [0.05, 0.1) is 13.9 Å². The van der Waals surface area contributed by atoms with Crippen molar-refractivity contribution in [2.24, 2.45) is 11.1 Å². The molecule has 1 aliphatic heterocycles. The smallest absolute Gasteiger partial charge is 0.239 e. The van der Waals surface area contributed by atoms with Gasteiger partial charge in [0, 0.05) is 6.54 Å². The third kappa shape index (κ3) is 2.29. The molecule has 0 spiro atoms. The number of nitrogens with two attached hydrogens (primary N) is 1. The maximum atomic E-state index is 11.9. The molecule has 2 unspecified atom stereocenters. The maximum Gasteiger partial charge on any atom is 0.239 e. The SMILES string of the molecule is [B]C1CCCN1C(=O)C(N)C(C)(C)C. The van der Waals surface area contributed by atoms with Crippen LogP contribution in [0.1, 0.15) is 33.6 Å². The van der Waals surface area contributed by atoms with E-state index in [4.69, 9.17) is 13.6 Å². The molecule has 1 amide bonds. The summed E-state index contributed by atoms with van der Waals surface area (Å²) >= 11 is 0. The third-order valence-corrected chi connectivity index (χ3v) is 2.78. The molecule has 2 radical (unpaired) electrons. The lowest BCUT2D eigenvalue weighted by Crippen LogP contribution is -2.51. The molecule has 1 heterocycles. The van der Waals surface area contributed by atoms with Crippen LogP contribution in [0.3, 0.4) is 0 Å². The first-order valence-corrected chi connectivity index (χ1v) is 5.15. The number of rotatable bonds is 1. The van der Waals surface area contributed by atoms with E-state index >= 15 is 0 Å². The molecule has 1 saturated heterocycles. The normalized spacial score (nSPS) is 25.1. The summed E-state index contributed by atoms with van der Waals surface area (Å²) < 4.78 is 0. The van der Waals surface area contributed by atoms with E-state index in [-0.39, 0.29) is 17.3 Å². The Labute approximate surface area is 87.4 Å². The number of hydrogen-bond donors (Lipinski definition) is 1. The monoisotopic (exact) mass is 194 g/mol. The Balaban J connectivity index is 2.65. The molecule has 0 aromatic heterocycles. The van der Waals surface area contributed by atoms with Crippen LogP contribution in [0.5, 0.6) is 0 Å². The molecular weight excluding hydrogens is 175 g/mol. The molecule has 0 saturated carbocycles. The first-order valence-electron chi connectivity index (χ1n) is 5.15. The fraction of sp³-hybridized carbons (Fsp3) is 0.900. The average molecular weight is 194 g/mol. The van der Waals surface area contributed by atoms with Crippen molar-refractivity contribution in [2.45, 2.75) is 45.6 Å². The Morgan fingerprint density at radius 2 is 2.14 bits per heavy atom. The van der Waals surface area contributed by atoms with Gasteiger partial charge in [0.15, 0.2) is 0 Å². The van der Waals surface area contributed by atoms with Crippen LogP contribution < -0.4 is 5.73 Å². The first kappa shape index (κ1) is 11.6. The molecule has 14 heavy (non-hydrogen) atoms. The Bertz CT molecular complexity index is 221. The van der Waals surface area contributed by atoms with Crippen LogP contribution in [0, 0.1) is 5.41 Å². The van der Waals surface area contributed by atoms with Gasteiger partial charge in [-0.1, -0.05) is 20.8 Å². The second-order valence-corrected chi connectivity index (χ2v) is 5.08. The van der Waals surface area contributed by atoms with Crippen LogP contribution in [0.15, 0.2) is 0 Å². The Morgan fingerprint density at radius 3 is 2.50 bits per heavy atom. The molecule has 78 valence electrons. The summed E-state index contributed by atoms with van der Waals surface area (Å²) in [5, 5.41) is 0. The zero-order valence-corrected chi connectivity index (χ0v) is 9.29. The van der Waals surface area contributed by atoms with Gasteiger partial charge < -0.3 is 10.6 Å². The summed E-state index contributed by atoms with van der Waals surface area (Å²) in [6.45, 7) is 6.66. The van der Waals surface area contributed by atoms with Crippen molar-refractivity contribution in [2.75, 3.05) is 6.54 Å². The predicted octanol–water partition coefficient (Wildman–Crippen LogP) is 0.477. The lowest BCUT2D eigenvalue weighted by Gasteiger charge is -2.32. The second kappa shape index (κ2) is 3.93. The molecule has 1 fully saturated rings. The van der Waals surface area contributed by atoms with Crippen molar-refractivity contribution in [3.63, 3.8) is 0 Å². The molecule has 0 aromatic carbocycles. The van der Waals surface area contributed by atoms with Crippen molar-refractivity contribution < 1.29 is 4.79 Å². The molecule has 1 aliphatic rings. The summed E-state index contributed by atoms with van der Waals surface area (Å²) in [4.78, 5) is 13.6. The van der Waals surface area contributed by atoms with Gasteiger partial charge in [0.25, 0.3) is 0 Å². The fourth-order valence-electron chi connectivity index (χ4n) is 1.62. The highest BCUT2D eigenvalue weighted by atomic mass is 16.2. The van der Waals surface area contributed by atoms with Crippen molar-refractivity contribution in [1.82, 2.24) is 4.90 Å². The van der Waals surface area contributed by atoms with Crippen LogP contribution in [0.4, 0.5) is 0 Å². The van der Waals surface area contributed by atoms with Gasteiger partial charge in [-0.3, -0.25) is 4.79 Å². The van der Waals surface area contributed by atoms with Crippen molar-refractivity contribution in [3.05, 3.63) is 0 Å². The summed E-state index contributed by atoms with van der Waals surface area (Å²) in [6.07, 6.45) is 1.88. The third-order valence-electron chi connectivity index (χ3n) is 2.78. The van der Waals surface area contributed by atoms with Gasteiger partial charge >= 0.3 is 0 Å². The molecule has 0 aliphatic carbocycles. The lowest BCUT2D eigenvalue weighted by molar-refractivity contribution is -0.134. The highest BCUT2D eigenvalue weighted by Gasteiger charge is 2.34. The second-order valence-electron chi connectivity index (χ2n) is 5.08. The minimum atomic E-state index is -0.452. The van der Waals surface area contributed by atoms with Crippen LogP contribution in [-0.4, -0.2) is 37.2 Å². The minimum absolute atomic E-state index is 0.0116. The van der Waals surface area contributed by atoms with Crippen LogP contribution in [-0.2, 0) is 4.79 Å². The van der Waals surface area contributed by atoms with Gasteiger partial charge in [0.1, 0.15) is 0 Å². The van der Waals surface area contributed by atoms with E-state index in [0.29, 0.717) is 0 Å². The van der Waals surface area contributed by atoms with Crippen molar-refractivity contribution in [1.29, 1.82) is 0 Å². The van der Waals surface area contributed by atoms with E-state index in [2.05, 4.69) is 0 Å². The molecule has 2 atom stereocenters. The summed E-state index contributed by atoms with van der Waals surface area (Å²) in [7, 11) is 5.81. The van der Waals surface area contributed by atoms with E-state index in [1.54, 1.807) is 4.90 Å². The standard InChI is InChI=1S/C10H19BN2O/c1-10(2,3)8(12)9(14)13-6-4-5-7(13)11/h7-8H,4-6,12H2,1-3H3. The number of carbonyl (C=O) groups excluding carboxylic acids is 1. The zero-order chi connectivity index (χ0) is 10.9. The largest absolute Gasteiger partial charge is 0.347 e. The number of hydrogen-bond acceptors (Lipinski definition) is 2. The van der Waals surface area contributed by atoms with E-state index in [1.165, 1.54) is 0 Å². The Morgan fingerprint density at radius 1 is 1.57 bits per heavy atom. The quantitative estimate of drug-likeness (QED) is 0.617. The molecule has 2 N–H and O–H groups in total. The average Bonchev–Trinajstić information content (AvgIpc) is 2.47. The number of likely N-dealkylation sites (tertiary alicyclic amines) is 1. The van der Waals surface area contributed by atoms with E-state index in [9.17, 15) is 4.79 Å². The summed E-state index contributed by atoms with van der Waals surface area (Å²) in [5.41, 5.74) is 5.69. The van der Waals surface area contributed by atoms with Crippen LogP contribution in [0.25, 0.3) is 0 Å². The molecule has 1 rings (SSSR count). The van der Waals surface area contributed by atoms with Crippen molar-refractivity contribution in [3.8, 4) is 0 Å². The summed E-state index contributed by atoms with van der Waals surface area (Å²) in [6, 6.07) is -0.452. The van der Waals surface area contributed by atoms with Gasteiger partial charge in [0.2, 0.25) is 5.91 Å². The van der Waals surface area contributed by atoms with Gasteiger partial charge in [-0.25, -0.2) is 0 Å². The van der Waals surface area contributed by atoms with Crippen LogP contribution >= 0.6 is 0 Å². The number of carbonyl (C=O) groups is 1. The number of amides is 1. The predicted molar refractivity (Wildman–Crippen MR) is 57.9 cm³/mol. The molecule has 3 nitrogen and oxygen atoms in total. The highest BCUT2D eigenvalue weighted by Crippen LogP contribution is 2.22. The van der Waals surface area contributed by atoms with Gasteiger partial charge in [-0.05, 0) is 24.2 Å². The van der Waals surface area contributed by atoms with Crippen molar-refractivity contribution >= 4 is 13.8 Å². The van der Waals surface area contributed by atoms with E-state index in [1.807, 2.05) is 20.8 Å². The maximum absolute atomic E-state index is 11.9. The van der Waals surface area contributed by atoms with Gasteiger partial charge in [-0.2, -0.15) is 0 Å². The first-order chi connectivity index (χ1) is 6.34. The number of nitrogens with zero attached hydrogens (tertiary/aromatic N) is 1. The molecule has 0 bridgehead atoms. The molecule has 4 heteroatoms. The molecule has 0 aromatic rings.